The molecule has 2 aliphatic heterocycles. The van der Waals surface area contributed by atoms with E-state index in [2.05, 4.69) is 11.1 Å². The molecule has 2 aromatic carbocycles. The van der Waals surface area contributed by atoms with Crippen molar-refractivity contribution in [2.45, 2.75) is 38.3 Å². The Balaban J connectivity index is 1.33. The molecule has 0 N–H and O–H groups in total. The number of β-lactam (4-membered cyclic amide) rings is 1. The Morgan fingerprint density at radius 2 is 1.91 bits per heavy atom. The molecule has 34 heavy (non-hydrogen) atoms. The Kier molecular flexibility index (Phi) is 6.03. The van der Waals surface area contributed by atoms with Crippen LogP contribution in [0.2, 0.25) is 0 Å². The van der Waals surface area contributed by atoms with Gasteiger partial charge in [-0.15, -0.1) is 11.3 Å². The number of hydrogen-bond donors (Lipinski definition) is 0. The van der Waals surface area contributed by atoms with E-state index in [0.717, 1.165) is 34.9 Å². The van der Waals surface area contributed by atoms with Gasteiger partial charge < -0.3 is 14.5 Å². The maximum atomic E-state index is 13.1. The summed E-state index contributed by atoms with van der Waals surface area (Å²) < 4.78 is 6.14. The van der Waals surface area contributed by atoms with Crippen LogP contribution >= 0.6 is 11.3 Å². The quantitative estimate of drug-likeness (QED) is 0.485. The molecule has 1 aromatic heterocycles. The molecule has 0 bridgehead atoms. The van der Waals surface area contributed by atoms with E-state index in [1.165, 1.54) is 0 Å². The van der Waals surface area contributed by atoms with Gasteiger partial charge in [0, 0.05) is 37.0 Å². The van der Waals surface area contributed by atoms with Gasteiger partial charge in [-0.3, -0.25) is 9.59 Å². The number of nitriles is 1. The molecule has 3 heterocycles. The minimum Gasteiger partial charge on any atom is -0.478 e. The lowest BCUT2D eigenvalue weighted by Gasteiger charge is -2.46. The Morgan fingerprint density at radius 1 is 1.15 bits per heavy atom. The van der Waals surface area contributed by atoms with E-state index in [9.17, 15) is 9.59 Å². The SMILES string of the molecule is Cc1nc(CCN2C(=O)[C@H](Oc3ccc(N4CCCC4=O)cc3)[C@@H]2c2ccc(C#N)cc2)cs1. The molecule has 0 radical (unpaired) electrons. The van der Waals surface area contributed by atoms with Crippen molar-refractivity contribution >= 4 is 28.8 Å². The van der Waals surface area contributed by atoms with E-state index in [1.54, 1.807) is 28.4 Å². The fraction of sp³-hybridized carbons (Fsp3) is 0.308. The molecule has 3 aromatic rings. The van der Waals surface area contributed by atoms with Crippen LogP contribution in [0.3, 0.4) is 0 Å². The van der Waals surface area contributed by atoms with Crippen LogP contribution in [0.4, 0.5) is 5.69 Å². The first-order valence-corrected chi connectivity index (χ1v) is 12.2. The van der Waals surface area contributed by atoms with Crippen molar-refractivity contribution < 1.29 is 14.3 Å². The minimum absolute atomic E-state index is 0.0693. The molecule has 0 spiro atoms. The molecule has 2 saturated heterocycles. The van der Waals surface area contributed by atoms with Gasteiger partial charge in [0.25, 0.3) is 5.91 Å². The lowest BCUT2D eigenvalue weighted by atomic mass is 9.89. The number of carbonyl (C=O) groups excluding carboxylic acids is 2. The highest BCUT2D eigenvalue weighted by molar-refractivity contribution is 7.09. The first-order chi connectivity index (χ1) is 16.5. The summed E-state index contributed by atoms with van der Waals surface area (Å²) in [6.07, 6.45) is 1.48. The molecule has 0 unspecified atom stereocenters. The number of rotatable bonds is 7. The van der Waals surface area contributed by atoms with Crippen LogP contribution < -0.4 is 9.64 Å². The number of thiazole rings is 1. The summed E-state index contributed by atoms with van der Waals surface area (Å²) in [6, 6.07) is 16.5. The Morgan fingerprint density at radius 3 is 2.53 bits per heavy atom. The summed E-state index contributed by atoms with van der Waals surface area (Å²) in [6.45, 7) is 3.24. The number of carbonyl (C=O) groups is 2. The number of anilines is 1. The van der Waals surface area contributed by atoms with E-state index < -0.39 is 6.10 Å². The Labute approximate surface area is 202 Å². The molecule has 0 saturated carbocycles. The van der Waals surface area contributed by atoms with Crippen molar-refractivity contribution in [3.63, 3.8) is 0 Å². The van der Waals surface area contributed by atoms with Crippen LogP contribution in [0, 0.1) is 18.3 Å². The van der Waals surface area contributed by atoms with Crippen molar-refractivity contribution in [1.29, 1.82) is 5.26 Å². The van der Waals surface area contributed by atoms with Crippen LogP contribution in [0.1, 0.15) is 40.7 Å². The van der Waals surface area contributed by atoms with E-state index in [4.69, 9.17) is 10.00 Å². The standard InChI is InChI=1S/C26H24N4O3S/c1-17-28-20(16-34-17)12-14-30-24(19-6-4-18(15-27)5-7-19)25(26(30)32)33-22-10-8-21(9-11-22)29-13-2-3-23(29)31/h4-11,16,24-25H,2-3,12-14H2,1H3/t24-,25+/m0/s1. The third kappa shape index (κ3) is 4.27. The van der Waals surface area contributed by atoms with Crippen LogP contribution in [-0.4, -0.2) is 40.9 Å². The number of ether oxygens (including phenoxy) is 1. The number of hydrogen-bond acceptors (Lipinski definition) is 6. The first-order valence-electron chi connectivity index (χ1n) is 11.3. The fourth-order valence-corrected chi connectivity index (χ4v) is 5.17. The zero-order chi connectivity index (χ0) is 23.7. The van der Waals surface area contributed by atoms with E-state index >= 15 is 0 Å². The minimum atomic E-state index is -0.649. The van der Waals surface area contributed by atoms with E-state index in [0.29, 0.717) is 30.7 Å². The van der Waals surface area contributed by atoms with Gasteiger partial charge in [-0.05, 0) is 55.3 Å². The molecule has 2 aliphatic rings. The lowest BCUT2D eigenvalue weighted by molar-refractivity contribution is -0.164. The molecule has 172 valence electrons. The first kappa shape index (κ1) is 22.1. The van der Waals surface area contributed by atoms with Gasteiger partial charge >= 0.3 is 0 Å². The molecule has 8 heteroatoms. The number of nitrogens with zero attached hydrogens (tertiary/aromatic N) is 4. The second-order valence-corrected chi connectivity index (χ2v) is 9.56. The predicted molar refractivity (Wildman–Crippen MR) is 129 cm³/mol. The van der Waals surface area contributed by atoms with Gasteiger partial charge in [-0.2, -0.15) is 5.26 Å². The van der Waals surface area contributed by atoms with Crippen LogP contribution in [0.25, 0.3) is 0 Å². The summed E-state index contributed by atoms with van der Waals surface area (Å²) in [4.78, 5) is 33.2. The number of amides is 2. The molecule has 5 rings (SSSR count). The van der Waals surface area contributed by atoms with Crippen LogP contribution in [-0.2, 0) is 16.0 Å². The molecular formula is C26H24N4O3S. The predicted octanol–water partition coefficient (Wildman–Crippen LogP) is 4.02. The molecule has 2 fully saturated rings. The molecule has 2 amide bonds. The number of aryl methyl sites for hydroxylation is 1. The van der Waals surface area contributed by atoms with Crippen molar-refractivity contribution in [2.24, 2.45) is 0 Å². The van der Waals surface area contributed by atoms with Crippen molar-refractivity contribution in [3.8, 4) is 11.8 Å². The number of benzene rings is 2. The highest BCUT2D eigenvalue weighted by Gasteiger charge is 2.49. The Bertz CT molecular complexity index is 1250. The second kappa shape index (κ2) is 9.27. The summed E-state index contributed by atoms with van der Waals surface area (Å²) >= 11 is 1.60. The van der Waals surface area contributed by atoms with Gasteiger partial charge in [0.05, 0.1) is 22.3 Å². The van der Waals surface area contributed by atoms with Gasteiger partial charge in [0.1, 0.15) is 11.8 Å². The van der Waals surface area contributed by atoms with Crippen molar-refractivity contribution in [3.05, 3.63) is 75.7 Å². The number of likely N-dealkylation sites (tertiary alicyclic amines) is 1. The number of aromatic nitrogens is 1. The molecule has 2 atom stereocenters. The fourth-order valence-electron chi connectivity index (χ4n) is 4.52. The normalized spacial score (nSPS) is 19.8. The van der Waals surface area contributed by atoms with Crippen LogP contribution in [0.5, 0.6) is 5.75 Å². The van der Waals surface area contributed by atoms with Crippen molar-refractivity contribution in [2.75, 3.05) is 18.0 Å². The maximum absolute atomic E-state index is 13.1. The van der Waals surface area contributed by atoms with E-state index in [1.807, 2.05) is 53.6 Å². The van der Waals surface area contributed by atoms with Crippen LogP contribution in [0.15, 0.2) is 53.9 Å². The molecular weight excluding hydrogens is 448 g/mol. The van der Waals surface area contributed by atoms with E-state index in [-0.39, 0.29) is 17.9 Å². The smallest absolute Gasteiger partial charge is 0.266 e. The van der Waals surface area contributed by atoms with Gasteiger partial charge in [0.15, 0.2) is 0 Å². The topological polar surface area (TPSA) is 86.5 Å². The van der Waals surface area contributed by atoms with Gasteiger partial charge in [0.2, 0.25) is 12.0 Å². The average molecular weight is 473 g/mol. The third-order valence-electron chi connectivity index (χ3n) is 6.29. The average Bonchev–Trinajstić information content (AvgIpc) is 3.48. The summed E-state index contributed by atoms with van der Waals surface area (Å²) in [5, 5.41) is 12.2. The van der Waals surface area contributed by atoms with Crippen molar-refractivity contribution in [1.82, 2.24) is 9.88 Å². The second-order valence-electron chi connectivity index (χ2n) is 8.50. The highest BCUT2D eigenvalue weighted by atomic mass is 32.1. The summed E-state index contributed by atoms with van der Waals surface area (Å²) in [7, 11) is 0. The maximum Gasteiger partial charge on any atom is 0.266 e. The third-order valence-corrected chi connectivity index (χ3v) is 7.11. The zero-order valence-corrected chi connectivity index (χ0v) is 19.6. The molecule has 0 aliphatic carbocycles. The lowest BCUT2D eigenvalue weighted by Crippen LogP contribution is -2.61. The van der Waals surface area contributed by atoms with Gasteiger partial charge in [-0.25, -0.2) is 4.98 Å². The molecule has 7 nitrogen and oxygen atoms in total. The monoisotopic (exact) mass is 472 g/mol. The highest BCUT2D eigenvalue weighted by Crippen LogP contribution is 2.38. The van der Waals surface area contributed by atoms with Gasteiger partial charge in [-0.1, -0.05) is 12.1 Å². The summed E-state index contributed by atoms with van der Waals surface area (Å²) in [5.74, 6) is 0.650. The largest absolute Gasteiger partial charge is 0.478 e. The zero-order valence-electron chi connectivity index (χ0n) is 18.8. The Hall–Kier alpha value is -3.70. The summed E-state index contributed by atoms with van der Waals surface area (Å²) in [5.41, 5.74) is 3.32.